The van der Waals surface area contributed by atoms with Crippen LogP contribution in [0.4, 0.5) is 0 Å². The van der Waals surface area contributed by atoms with E-state index in [1.807, 2.05) is 47.8 Å². The molecule has 1 aliphatic heterocycles. The molecule has 0 saturated carbocycles. The van der Waals surface area contributed by atoms with Crippen LogP contribution in [0.2, 0.25) is 0 Å². The van der Waals surface area contributed by atoms with Crippen LogP contribution in [0, 0.1) is 5.92 Å². The number of imidazole rings is 1. The van der Waals surface area contributed by atoms with E-state index in [1.165, 1.54) is 0 Å². The number of furan rings is 1. The first-order valence-electron chi connectivity index (χ1n) is 9.22. The van der Waals surface area contributed by atoms with Crippen molar-refractivity contribution < 1.29 is 13.9 Å². The lowest BCUT2D eigenvalue weighted by Crippen LogP contribution is -2.40. The number of hydrogen-bond donors (Lipinski definition) is 0. The monoisotopic (exact) mass is 365 g/mol. The van der Waals surface area contributed by atoms with Crippen LogP contribution in [-0.2, 0) is 6.54 Å². The van der Waals surface area contributed by atoms with Gasteiger partial charge in [-0.05, 0) is 43.0 Å². The molecule has 0 radical (unpaired) electrons. The van der Waals surface area contributed by atoms with Gasteiger partial charge in [0.2, 0.25) is 0 Å². The maximum Gasteiger partial charge on any atom is 0.289 e. The molecule has 27 heavy (non-hydrogen) atoms. The predicted molar refractivity (Wildman–Crippen MR) is 102 cm³/mol. The van der Waals surface area contributed by atoms with Crippen molar-refractivity contribution in [3.05, 3.63) is 60.9 Å². The zero-order valence-corrected chi connectivity index (χ0v) is 15.4. The third-order valence-electron chi connectivity index (χ3n) is 5.01. The summed E-state index contributed by atoms with van der Waals surface area (Å²) < 4.78 is 13.2. The van der Waals surface area contributed by atoms with Gasteiger partial charge in [-0.15, -0.1) is 0 Å². The van der Waals surface area contributed by atoms with E-state index in [2.05, 4.69) is 9.55 Å². The van der Waals surface area contributed by atoms with E-state index in [4.69, 9.17) is 9.15 Å². The summed E-state index contributed by atoms with van der Waals surface area (Å²) in [5, 5.41) is 0. The summed E-state index contributed by atoms with van der Waals surface area (Å²) in [7, 11) is 1.63. The molecule has 6 heteroatoms. The second kappa shape index (κ2) is 7.70. The van der Waals surface area contributed by atoms with E-state index in [1.54, 1.807) is 19.4 Å². The molecule has 0 N–H and O–H groups in total. The normalized spacial score (nSPS) is 17.1. The lowest BCUT2D eigenvalue weighted by Gasteiger charge is -2.32. The lowest BCUT2D eigenvalue weighted by molar-refractivity contribution is 0.0631. The highest BCUT2D eigenvalue weighted by Crippen LogP contribution is 2.27. The molecule has 1 saturated heterocycles. The molecular formula is C21H23N3O3. The van der Waals surface area contributed by atoms with Gasteiger partial charge in [0, 0.05) is 37.6 Å². The summed E-state index contributed by atoms with van der Waals surface area (Å²) in [6.07, 6.45) is 7.71. The number of carbonyl (C=O) groups is 1. The van der Waals surface area contributed by atoms with Crippen molar-refractivity contribution in [2.24, 2.45) is 5.92 Å². The number of rotatable bonds is 5. The van der Waals surface area contributed by atoms with Gasteiger partial charge in [-0.1, -0.05) is 12.1 Å². The quantitative estimate of drug-likeness (QED) is 0.692. The number of nitrogens with zero attached hydrogens (tertiary/aromatic N) is 3. The van der Waals surface area contributed by atoms with E-state index in [0.717, 1.165) is 43.8 Å². The van der Waals surface area contributed by atoms with Gasteiger partial charge in [-0.3, -0.25) is 4.79 Å². The first-order valence-corrected chi connectivity index (χ1v) is 9.22. The maximum absolute atomic E-state index is 12.9. The van der Waals surface area contributed by atoms with Gasteiger partial charge in [0.15, 0.2) is 5.76 Å². The molecule has 3 heterocycles. The molecule has 4 rings (SSSR count). The van der Waals surface area contributed by atoms with Gasteiger partial charge in [-0.25, -0.2) is 4.98 Å². The molecule has 1 amide bonds. The average Bonchev–Trinajstić information content (AvgIpc) is 3.40. The minimum Gasteiger partial charge on any atom is -0.497 e. The fraction of sp³-hybridized carbons (Fsp3) is 0.333. The average molecular weight is 365 g/mol. The molecule has 2 aromatic heterocycles. The molecule has 3 aromatic rings. The Hall–Kier alpha value is -3.02. The Bertz CT molecular complexity index is 901. The van der Waals surface area contributed by atoms with Crippen LogP contribution in [0.25, 0.3) is 11.3 Å². The summed E-state index contributed by atoms with van der Waals surface area (Å²) in [4.78, 5) is 18.9. The molecule has 0 unspecified atom stereocenters. The molecule has 140 valence electrons. The molecule has 0 spiro atoms. The molecule has 6 nitrogen and oxygen atoms in total. The number of benzene rings is 1. The fourth-order valence-corrected chi connectivity index (χ4v) is 3.63. The van der Waals surface area contributed by atoms with Crippen molar-refractivity contribution in [3.63, 3.8) is 0 Å². The Morgan fingerprint density at radius 1 is 1.33 bits per heavy atom. The van der Waals surface area contributed by atoms with E-state index in [0.29, 0.717) is 17.4 Å². The predicted octanol–water partition coefficient (Wildman–Crippen LogP) is 3.70. The summed E-state index contributed by atoms with van der Waals surface area (Å²) in [6, 6.07) is 11.2. The number of piperidine rings is 1. The standard InChI is InChI=1S/C21H23N3O3/c1-26-18-6-2-5-17(12-18)19-7-8-20(27-19)21(25)24-10-3-4-16(14-24)13-23-11-9-22-15-23/h2,5-9,11-12,15-16H,3-4,10,13-14H2,1H3/t16-/m0/s1. The molecule has 1 aromatic carbocycles. The van der Waals surface area contributed by atoms with Crippen molar-refractivity contribution in [2.75, 3.05) is 20.2 Å². The number of carbonyl (C=O) groups excluding carboxylic acids is 1. The van der Waals surface area contributed by atoms with Gasteiger partial charge >= 0.3 is 0 Å². The summed E-state index contributed by atoms with van der Waals surface area (Å²) in [5.74, 6) is 2.21. The van der Waals surface area contributed by atoms with E-state index < -0.39 is 0 Å². The van der Waals surface area contributed by atoms with Crippen LogP contribution in [0.3, 0.4) is 0 Å². The van der Waals surface area contributed by atoms with Crippen molar-refractivity contribution >= 4 is 5.91 Å². The summed E-state index contributed by atoms with van der Waals surface area (Å²) in [6.45, 7) is 2.40. The van der Waals surface area contributed by atoms with Crippen LogP contribution in [0.1, 0.15) is 23.4 Å². The Morgan fingerprint density at radius 3 is 3.07 bits per heavy atom. The summed E-state index contributed by atoms with van der Waals surface area (Å²) in [5.41, 5.74) is 0.894. The highest BCUT2D eigenvalue weighted by Gasteiger charge is 2.26. The van der Waals surface area contributed by atoms with E-state index in [-0.39, 0.29) is 5.91 Å². The van der Waals surface area contributed by atoms with Gasteiger partial charge < -0.3 is 18.6 Å². The highest BCUT2D eigenvalue weighted by atomic mass is 16.5. The van der Waals surface area contributed by atoms with Crippen LogP contribution in [0.5, 0.6) is 5.75 Å². The Labute approximate surface area is 158 Å². The smallest absolute Gasteiger partial charge is 0.289 e. The number of hydrogen-bond acceptors (Lipinski definition) is 4. The van der Waals surface area contributed by atoms with Crippen molar-refractivity contribution in [1.82, 2.24) is 14.5 Å². The number of amides is 1. The van der Waals surface area contributed by atoms with Gasteiger partial charge in [0.25, 0.3) is 5.91 Å². The second-order valence-corrected chi connectivity index (χ2v) is 6.91. The Balaban J connectivity index is 1.45. The molecular weight excluding hydrogens is 342 g/mol. The van der Waals surface area contributed by atoms with E-state index in [9.17, 15) is 4.79 Å². The topological polar surface area (TPSA) is 60.5 Å². The molecule has 1 fully saturated rings. The fourth-order valence-electron chi connectivity index (χ4n) is 3.63. The van der Waals surface area contributed by atoms with Crippen LogP contribution < -0.4 is 4.74 Å². The van der Waals surface area contributed by atoms with Crippen molar-refractivity contribution in [1.29, 1.82) is 0 Å². The first-order chi connectivity index (χ1) is 13.2. The van der Waals surface area contributed by atoms with Crippen molar-refractivity contribution in [3.8, 4) is 17.1 Å². The van der Waals surface area contributed by atoms with Gasteiger partial charge in [-0.2, -0.15) is 0 Å². The molecule has 1 atom stereocenters. The lowest BCUT2D eigenvalue weighted by atomic mass is 9.97. The van der Waals surface area contributed by atoms with E-state index >= 15 is 0 Å². The van der Waals surface area contributed by atoms with Crippen LogP contribution >= 0.6 is 0 Å². The minimum atomic E-state index is -0.0422. The number of aromatic nitrogens is 2. The van der Waals surface area contributed by atoms with Crippen LogP contribution in [-0.4, -0.2) is 40.6 Å². The molecule has 0 bridgehead atoms. The molecule has 0 aliphatic carbocycles. The van der Waals surface area contributed by atoms with Gasteiger partial charge in [0.1, 0.15) is 11.5 Å². The van der Waals surface area contributed by atoms with Crippen LogP contribution in [0.15, 0.2) is 59.5 Å². The Morgan fingerprint density at radius 2 is 2.26 bits per heavy atom. The largest absolute Gasteiger partial charge is 0.497 e. The SMILES string of the molecule is COc1cccc(-c2ccc(C(=O)N3CCC[C@@H](Cn4ccnc4)C3)o2)c1. The zero-order valence-electron chi connectivity index (χ0n) is 15.4. The third-order valence-corrected chi connectivity index (χ3v) is 5.01. The highest BCUT2D eigenvalue weighted by molar-refractivity contribution is 5.92. The van der Waals surface area contributed by atoms with Crippen molar-refractivity contribution in [2.45, 2.75) is 19.4 Å². The minimum absolute atomic E-state index is 0.0422. The summed E-state index contributed by atoms with van der Waals surface area (Å²) >= 11 is 0. The Kier molecular flexibility index (Phi) is 4.96. The zero-order chi connectivity index (χ0) is 18.6. The molecule has 1 aliphatic rings. The third kappa shape index (κ3) is 3.89. The maximum atomic E-state index is 12.9. The number of methoxy groups -OCH3 is 1. The van der Waals surface area contributed by atoms with Gasteiger partial charge in [0.05, 0.1) is 13.4 Å². The number of likely N-dealkylation sites (tertiary alicyclic amines) is 1. The second-order valence-electron chi connectivity index (χ2n) is 6.91. The first kappa shape index (κ1) is 17.4. The number of ether oxygens (including phenoxy) is 1.